The van der Waals surface area contributed by atoms with Gasteiger partial charge in [-0.25, -0.2) is 5.43 Å². The van der Waals surface area contributed by atoms with Gasteiger partial charge < -0.3 is 20.1 Å². The first-order valence-corrected chi connectivity index (χ1v) is 11.4. The molecule has 0 aliphatic rings. The Kier molecular flexibility index (Phi) is 9.58. The van der Waals surface area contributed by atoms with Crippen LogP contribution in [-0.4, -0.2) is 37.1 Å². The molecule has 3 amide bonds. The molecule has 0 aliphatic heterocycles. The van der Waals surface area contributed by atoms with Gasteiger partial charge in [-0.2, -0.15) is 5.10 Å². The van der Waals surface area contributed by atoms with E-state index in [1.165, 1.54) is 6.21 Å². The summed E-state index contributed by atoms with van der Waals surface area (Å²) in [6.07, 6.45) is 1.37. The molecule has 0 aromatic heterocycles. The standard InChI is InChI=1S/C27H28N4O5/c1-3-35-24-15-21(17-29-31-27(34)26(33)30-22-12-9-19(2)10-13-22)11-14-23(24)36-18-25(32)28-16-20-7-5-4-6-8-20/h4-15,17H,3,16,18H2,1-2H3,(H,28,32)(H,30,33)(H,31,34)/b29-17-. The monoisotopic (exact) mass is 488 g/mol. The molecule has 3 N–H and O–H groups in total. The van der Waals surface area contributed by atoms with E-state index in [0.717, 1.165) is 11.1 Å². The zero-order valence-electron chi connectivity index (χ0n) is 20.1. The van der Waals surface area contributed by atoms with E-state index < -0.39 is 11.8 Å². The Hall–Kier alpha value is -4.66. The minimum Gasteiger partial charge on any atom is -0.490 e. The summed E-state index contributed by atoms with van der Waals surface area (Å²) >= 11 is 0. The van der Waals surface area contributed by atoms with Crippen molar-refractivity contribution < 1.29 is 23.9 Å². The van der Waals surface area contributed by atoms with Gasteiger partial charge in [0.1, 0.15) is 0 Å². The van der Waals surface area contributed by atoms with Crippen molar-refractivity contribution in [1.29, 1.82) is 0 Å². The smallest absolute Gasteiger partial charge is 0.329 e. The predicted octanol–water partition coefficient (Wildman–Crippen LogP) is 3.18. The molecule has 0 bridgehead atoms. The fourth-order valence-corrected chi connectivity index (χ4v) is 3.02. The van der Waals surface area contributed by atoms with Crippen LogP contribution in [0.25, 0.3) is 0 Å². The number of carbonyl (C=O) groups is 3. The Morgan fingerprint density at radius 2 is 1.64 bits per heavy atom. The number of rotatable bonds is 10. The van der Waals surface area contributed by atoms with Crippen molar-refractivity contribution >= 4 is 29.6 Å². The molecule has 0 fully saturated rings. The molecule has 3 rings (SSSR count). The molecule has 36 heavy (non-hydrogen) atoms. The zero-order chi connectivity index (χ0) is 25.8. The first-order chi connectivity index (χ1) is 17.4. The van der Waals surface area contributed by atoms with Crippen molar-refractivity contribution in [2.24, 2.45) is 5.10 Å². The summed E-state index contributed by atoms with van der Waals surface area (Å²) < 4.78 is 11.2. The molecule has 0 unspecified atom stereocenters. The van der Waals surface area contributed by atoms with E-state index in [9.17, 15) is 14.4 Å². The lowest BCUT2D eigenvalue weighted by Crippen LogP contribution is -2.32. The average molecular weight is 489 g/mol. The van der Waals surface area contributed by atoms with Crippen LogP contribution in [0.2, 0.25) is 0 Å². The van der Waals surface area contributed by atoms with Crippen molar-refractivity contribution in [2.75, 3.05) is 18.5 Å². The number of anilines is 1. The van der Waals surface area contributed by atoms with Gasteiger partial charge in [0, 0.05) is 12.2 Å². The maximum absolute atomic E-state index is 12.1. The van der Waals surface area contributed by atoms with E-state index in [0.29, 0.717) is 35.9 Å². The van der Waals surface area contributed by atoms with Gasteiger partial charge in [0.15, 0.2) is 18.1 Å². The highest BCUT2D eigenvalue weighted by Crippen LogP contribution is 2.28. The molecule has 186 valence electrons. The Morgan fingerprint density at radius 3 is 2.36 bits per heavy atom. The zero-order valence-corrected chi connectivity index (χ0v) is 20.1. The molecule has 0 spiro atoms. The Morgan fingerprint density at radius 1 is 0.889 bits per heavy atom. The minimum absolute atomic E-state index is 0.174. The highest BCUT2D eigenvalue weighted by Gasteiger charge is 2.13. The molecule has 0 saturated heterocycles. The molecular formula is C27H28N4O5. The Labute approximate surface area is 209 Å². The third kappa shape index (κ3) is 8.28. The van der Waals surface area contributed by atoms with Crippen LogP contribution in [0.15, 0.2) is 77.9 Å². The van der Waals surface area contributed by atoms with Crippen LogP contribution >= 0.6 is 0 Å². The topological polar surface area (TPSA) is 118 Å². The van der Waals surface area contributed by atoms with Crippen molar-refractivity contribution in [3.8, 4) is 11.5 Å². The summed E-state index contributed by atoms with van der Waals surface area (Å²) in [7, 11) is 0. The van der Waals surface area contributed by atoms with Gasteiger partial charge in [-0.05, 0) is 55.3 Å². The normalized spacial score (nSPS) is 10.5. The summed E-state index contributed by atoms with van der Waals surface area (Å²) in [5.41, 5.74) is 5.32. The van der Waals surface area contributed by atoms with E-state index in [1.54, 1.807) is 30.3 Å². The number of benzene rings is 3. The second-order valence-electron chi connectivity index (χ2n) is 7.71. The lowest BCUT2D eigenvalue weighted by Gasteiger charge is -2.12. The Balaban J connectivity index is 1.51. The molecular weight excluding hydrogens is 460 g/mol. The molecule has 0 saturated carbocycles. The van der Waals surface area contributed by atoms with Crippen LogP contribution in [-0.2, 0) is 20.9 Å². The molecule has 3 aromatic carbocycles. The predicted molar refractivity (Wildman–Crippen MR) is 137 cm³/mol. The number of nitrogens with one attached hydrogen (secondary N) is 3. The van der Waals surface area contributed by atoms with Gasteiger partial charge in [-0.3, -0.25) is 14.4 Å². The summed E-state index contributed by atoms with van der Waals surface area (Å²) in [5, 5.41) is 9.13. The van der Waals surface area contributed by atoms with E-state index in [-0.39, 0.29) is 12.5 Å². The third-order valence-electron chi connectivity index (χ3n) is 4.85. The molecule has 0 aliphatic carbocycles. The maximum atomic E-state index is 12.1. The largest absolute Gasteiger partial charge is 0.490 e. The summed E-state index contributed by atoms with van der Waals surface area (Å²) in [6, 6.07) is 21.6. The van der Waals surface area contributed by atoms with Gasteiger partial charge in [-0.1, -0.05) is 48.0 Å². The first-order valence-electron chi connectivity index (χ1n) is 11.4. The third-order valence-corrected chi connectivity index (χ3v) is 4.85. The number of carbonyl (C=O) groups excluding carboxylic acids is 3. The molecule has 0 radical (unpaired) electrons. The van der Waals surface area contributed by atoms with Crippen LogP contribution in [0.5, 0.6) is 11.5 Å². The number of hydrogen-bond acceptors (Lipinski definition) is 6. The second kappa shape index (κ2) is 13.3. The van der Waals surface area contributed by atoms with Crippen LogP contribution in [0.4, 0.5) is 5.69 Å². The second-order valence-corrected chi connectivity index (χ2v) is 7.71. The van der Waals surface area contributed by atoms with Gasteiger partial charge in [0.2, 0.25) is 0 Å². The summed E-state index contributed by atoms with van der Waals surface area (Å²) in [6.45, 7) is 4.36. The first kappa shape index (κ1) is 26.0. The SMILES string of the molecule is CCOc1cc(/C=N\NC(=O)C(=O)Nc2ccc(C)cc2)ccc1OCC(=O)NCc1ccccc1. The number of hydrazone groups is 1. The van der Waals surface area contributed by atoms with Crippen molar-refractivity contribution in [1.82, 2.24) is 10.7 Å². The average Bonchev–Trinajstić information content (AvgIpc) is 2.89. The van der Waals surface area contributed by atoms with E-state index >= 15 is 0 Å². The quantitative estimate of drug-likeness (QED) is 0.230. The van der Waals surface area contributed by atoms with Crippen molar-refractivity contribution in [3.63, 3.8) is 0 Å². The van der Waals surface area contributed by atoms with Crippen LogP contribution in [0, 0.1) is 6.92 Å². The molecule has 3 aromatic rings. The number of amides is 3. The number of ether oxygens (including phenoxy) is 2. The van der Waals surface area contributed by atoms with Crippen LogP contribution in [0.1, 0.15) is 23.6 Å². The van der Waals surface area contributed by atoms with Crippen molar-refractivity contribution in [2.45, 2.75) is 20.4 Å². The van der Waals surface area contributed by atoms with Gasteiger partial charge in [0.25, 0.3) is 5.91 Å². The van der Waals surface area contributed by atoms with E-state index in [4.69, 9.17) is 9.47 Å². The highest BCUT2D eigenvalue weighted by molar-refractivity contribution is 6.39. The highest BCUT2D eigenvalue weighted by atomic mass is 16.5. The van der Waals surface area contributed by atoms with Crippen LogP contribution in [0.3, 0.4) is 0 Å². The lowest BCUT2D eigenvalue weighted by molar-refractivity contribution is -0.136. The summed E-state index contributed by atoms with van der Waals surface area (Å²) in [4.78, 5) is 36.2. The fourth-order valence-electron chi connectivity index (χ4n) is 3.02. The van der Waals surface area contributed by atoms with Crippen LogP contribution < -0.4 is 25.5 Å². The fraction of sp³-hybridized carbons (Fsp3) is 0.185. The number of nitrogens with zero attached hydrogens (tertiary/aromatic N) is 1. The van der Waals surface area contributed by atoms with Gasteiger partial charge >= 0.3 is 11.8 Å². The maximum Gasteiger partial charge on any atom is 0.329 e. The van der Waals surface area contributed by atoms with E-state index in [1.807, 2.05) is 56.3 Å². The van der Waals surface area contributed by atoms with Gasteiger partial charge in [-0.15, -0.1) is 0 Å². The molecule has 0 heterocycles. The molecule has 9 nitrogen and oxygen atoms in total. The number of hydrogen-bond donors (Lipinski definition) is 3. The van der Waals surface area contributed by atoms with Gasteiger partial charge in [0.05, 0.1) is 12.8 Å². The molecule has 0 atom stereocenters. The minimum atomic E-state index is -0.904. The molecule has 9 heteroatoms. The van der Waals surface area contributed by atoms with E-state index in [2.05, 4.69) is 21.2 Å². The van der Waals surface area contributed by atoms with Crippen molar-refractivity contribution in [3.05, 3.63) is 89.5 Å². The Bertz CT molecular complexity index is 1210. The summed E-state index contributed by atoms with van der Waals surface area (Å²) in [5.74, 6) is -1.19. The lowest BCUT2D eigenvalue weighted by atomic mass is 10.2. The number of aryl methyl sites for hydroxylation is 1.